The Morgan fingerprint density at radius 3 is 2.55 bits per heavy atom. The van der Waals surface area contributed by atoms with Crippen LogP contribution in [0.2, 0.25) is 0 Å². The molecule has 2 aromatic rings. The van der Waals surface area contributed by atoms with E-state index in [1.54, 1.807) is 24.3 Å². The second-order valence-corrected chi connectivity index (χ2v) is 11.8. The van der Waals surface area contributed by atoms with E-state index in [4.69, 9.17) is 9.47 Å². The summed E-state index contributed by atoms with van der Waals surface area (Å²) in [5.74, 6) is -2.91. The first-order valence-corrected chi connectivity index (χ1v) is 13.6. The number of halogens is 3. The quantitative estimate of drug-likeness (QED) is 0.234. The van der Waals surface area contributed by atoms with Crippen molar-refractivity contribution in [1.29, 1.82) is 0 Å². The number of piperidine rings is 1. The van der Waals surface area contributed by atoms with Gasteiger partial charge in [-0.25, -0.2) is 0 Å². The Bertz CT molecular complexity index is 1400. The molecule has 0 aromatic heterocycles. The third-order valence-corrected chi connectivity index (χ3v) is 9.24. The second-order valence-electron chi connectivity index (χ2n) is 11.8. The molecule has 1 saturated heterocycles. The molecular formula is C30H32F3N2O5+. The van der Waals surface area contributed by atoms with Crippen LogP contribution in [0, 0.1) is 5.92 Å². The van der Waals surface area contributed by atoms with Crippen LogP contribution in [0.15, 0.2) is 48.2 Å². The highest BCUT2D eigenvalue weighted by Gasteiger charge is 2.66. The monoisotopic (exact) mass is 557 g/mol. The van der Waals surface area contributed by atoms with Gasteiger partial charge >= 0.3 is 12.3 Å². The third kappa shape index (κ3) is 4.24. The van der Waals surface area contributed by atoms with Crippen LogP contribution in [-0.2, 0) is 30.9 Å². The summed E-state index contributed by atoms with van der Waals surface area (Å²) in [7, 11) is 4.58. The van der Waals surface area contributed by atoms with E-state index < -0.39 is 29.8 Å². The zero-order valence-corrected chi connectivity index (χ0v) is 22.6. The number of amides is 1. The first-order valence-electron chi connectivity index (χ1n) is 13.6. The highest BCUT2D eigenvalue weighted by molar-refractivity contribution is 6.08. The number of hydrogen-bond donors (Lipinski definition) is 1. The van der Waals surface area contributed by atoms with Crippen LogP contribution in [-0.4, -0.2) is 55.5 Å². The van der Waals surface area contributed by atoms with Crippen molar-refractivity contribution in [3.05, 3.63) is 64.9 Å². The van der Waals surface area contributed by atoms with Crippen LogP contribution >= 0.6 is 0 Å². The van der Waals surface area contributed by atoms with Gasteiger partial charge in [-0.2, -0.15) is 0 Å². The van der Waals surface area contributed by atoms with Gasteiger partial charge in [0.2, 0.25) is 5.76 Å². The van der Waals surface area contributed by atoms with Gasteiger partial charge in [-0.1, -0.05) is 36.4 Å². The molecule has 6 rings (SSSR count). The molecule has 0 radical (unpaired) electrons. The molecule has 2 fully saturated rings. The van der Waals surface area contributed by atoms with Crippen LogP contribution in [0.1, 0.15) is 49.3 Å². The van der Waals surface area contributed by atoms with E-state index >= 15 is 0 Å². The van der Waals surface area contributed by atoms with Crippen LogP contribution in [0.5, 0.6) is 5.75 Å². The number of rotatable bonds is 5. The molecule has 2 aromatic carbocycles. The number of carbonyl (C=O) groups excluding carboxylic acids is 2. The number of likely N-dealkylation sites (N-methyl/N-ethyl adjacent to an activating group) is 1. The molecule has 1 amide bonds. The number of ether oxygens (including phenoxy) is 3. The van der Waals surface area contributed by atoms with Gasteiger partial charge in [0, 0.05) is 36.8 Å². The lowest BCUT2D eigenvalue weighted by Gasteiger charge is -2.59. The predicted octanol–water partition coefficient (Wildman–Crippen LogP) is 5.30. The number of anilines is 1. The lowest BCUT2D eigenvalue weighted by Crippen LogP contribution is -2.69. The van der Waals surface area contributed by atoms with Crippen molar-refractivity contribution in [3.8, 4) is 5.75 Å². The molecule has 1 saturated carbocycles. The number of hydrogen-bond acceptors (Lipinski definition) is 5. The molecule has 0 unspecified atom stereocenters. The highest BCUT2D eigenvalue weighted by Crippen LogP contribution is 2.64. The number of esters is 1. The van der Waals surface area contributed by atoms with E-state index in [9.17, 15) is 22.8 Å². The summed E-state index contributed by atoms with van der Waals surface area (Å²) in [4.78, 5) is 25.4. The Morgan fingerprint density at radius 1 is 1.10 bits per heavy atom. The third-order valence-electron chi connectivity index (χ3n) is 9.24. The molecule has 2 heterocycles. The maximum atomic E-state index is 13.5. The number of likely N-dealkylation sites (tertiary alicyclic amines) is 1. The smallest absolute Gasteiger partial charge is 0.487 e. The maximum Gasteiger partial charge on any atom is 0.573 e. The first kappa shape index (κ1) is 26.7. The van der Waals surface area contributed by atoms with Gasteiger partial charge < -0.3 is 24.0 Å². The number of nitrogens with zero attached hydrogens (tertiary/aromatic N) is 1. The van der Waals surface area contributed by atoms with Crippen molar-refractivity contribution in [2.45, 2.75) is 63.0 Å². The molecule has 4 aliphatic rings. The number of quaternary nitrogens is 1. The zero-order valence-electron chi connectivity index (χ0n) is 22.6. The Hall–Kier alpha value is -3.53. The highest BCUT2D eigenvalue weighted by atomic mass is 19.4. The zero-order chi connectivity index (χ0) is 28.4. The van der Waals surface area contributed by atoms with Gasteiger partial charge in [-0.05, 0) is 30.9 Å². The lowest BCUT2D eigenvalue weighted by atomic mass is 9.51. The largest absolute Gasteiger partial charge is 0.573 e. The molecule has 1 spiro atoms. The summed E-state index contributed by atoms with van der Waals surface area (Å²) in [5, 5.41) is 2.61. The summed E-state index contributed by atoms with van der Waals surface area (Å²) in [6.07, 6.45) is -0.354. The van der Waals surface area contributed by atoms with E-state index in [2.05, 4.69) is 24.1 Å². The van der Waals surface area contributed by atoms with E-state index in [1.165, 1.54) is 17.7 Å². The van der Waals surface area contributed by atoms with Crippen molar-refractivity contribution in [2.75, 3.05) is 26.0 Å². The number of nitrogens with one attached hydrogen (secondary N) is 1. The fraction of sp³-hybridized carbons (Fsp3) is 0.467. The van der Waals surface area contributed by atoms with Gasteiger partial charge in [0.25, 0.3) is 5.91 Å². The fourth-order valence-electron chi connectivity index (χ4n) is 7.66. The van der Waals surface area contributed by atoms with Gasteiger partial charge in [-0.15, -0.1) is 13.2 Å². The molecule has 7 nitrogen and oxygen atoms in total. The van der Waals surface area contributed by atoms with Crippen molar-refractivity contribution in [1.82, 2.24) is 0 Å². The number of benzene rings is 2. The fourth-order valence-corrected chi connectivity index (χ4v) is 7.66. The van der Waals surface area contributed by atoms with Crippen LogP contribution in [0.3, 0.4) is 0 Å². The average Bonchev–Trinajstić information content (AvgIpc) is 3.24. The minimum Gasteiger partial charge on any atom is -0.487 e. The van der Waals surface area contributed by atoms with Crippen LogP contribution in [0.4, 0.5) is 18.9 Å². The van der Waals surface area contributed by atoms with Crippen molar-refractivity contribution in [2.24, 2.45) is 5.92 Å². The van der Waals surface area contributed by atoms with E-state index in [0.29, 0.717) is 17.7 Å². The van der Waals surface area contributed by atoms with E-state index in [1.807, 2.05) is 6.07 Å². The average molecular weight is 558 g/mol. The lowest BCUT2D eigenvalue weighted by molar-refractivity contribution is -0.927. The second kappa shape index (κ2) is 9.26. The molecule has 4 atom stereocenters. The van der Waals surface area contributed by atoms with Crippen molar-refractivity contribution >= 4 is 23.3 Å². The standard InChI is InChI=1S/C30H31F3N2O5/c1-17(36)38-25(18-8-5-4-6-9-18)27(40-30(31,32)33)28(37)34-21-13-12-19-16-22-20-10-7-11-23-29(20,14-15-35(22,2)3)24(19)26(21)39-23/h4-6,8-9,12-13,20,22-23H,7,10-11,14-16H2,1-3H3/p+1/t20-,22+,23-,29+/m0/s1. The van der Waals surface area contributed by atoms with E-state index in [-0.39, 0.29) is 22.8 Å². The van der Waals surface area contributed by atoms with E-state index in [0.717, 1.165) is 55.6 Å². The molecule has 10 heteroatoms. The topological polar surface area (TPSA) is 73.9 Å². The Kier molecular flexibility index (Phi) is 6.18. The summed E-state index contributed by atoms with van der Waals surface area (Å²) >= 11 is 0. The molecule has 2 aliphatic carbocycles. The number of alkyl halides is 3. The number of carbonyl (C=O) groups is 2. The Balaban J connectivity index is 1.43. The van der Waals surface area contributed by atoms with Crippen molar-refractivity contribution < 1.29 is 41.5 Å². The normalized spacial score (nSPS) is 28.0. The maximum absolute atomic E-state index is 13.5. The summed E-state index contributed by atoms with van der Waals surface area (Å²) in [5.41, 5.74) is 2.48. The van der Waals surface area contributed by atoms with Gasteiger partial charge in [-0.3, -0.25) is 9.59 Å². The molecule has 1 N–H and O–H groups in total. The van der Waals surface area contributed by atoms with Crippen LogP contribution in [0.25, 0.3) is 5.76 Å². The predicted molar refractivity (Wildman–Crippen MR) is 140 cm³/mol. The molecule has 2 bridgehead atoms. The summed E-state index contributed by atoms with van der Waals surface area (Å²) in [6.45, 7) is 2.05. The van der Waals surface area contributed by atoms with Crippen molar-refractivity contribution in [3.63, 3.8) is 0 Å². The molecule has 40 heavy (non-hydrogen) atoms. The molecule has 212 valence electrons. The molecule has 2 aliphatic heterocycles. The first-order chi connectivity index (χ1) is 18.9. The Morgan fingerprint density at radius 2 is 1.85 bits per heavy atom. The summed E-state index contributed by atoms with van der Waals surface area (Å²) in [6, 6.07) is 11.7. The van der Waals surface area contributed by atoms with Gasteiger partial charge in [0.05, 0.1) is 37.8 Å². The van der Waals surface area contributed by atoms with Gasteiger partial charge in [0.1, 0.15) is 11.9 Å². The minimum atomic E-state index is -5.21. The van der Waals surface area contributed by atoms with Gasteiger partial charge in [0.15, 0.2) is 5.76 Å². The minimum absolute atomic E-state index is 0.0384. The molecular weight excluding hydrogens is 525 g/mol. The Labute approximate surface area is 230 Å². The SMILES string of the molecule is CC(=O)OC(=C(OC(F)(F)F)C(=O)Nc1ccc2c3c1O[C@H]1CCC[C@H]4[C@@H](C2)[N+](C)(C)CC[C@]314)c1ccccc1. The summed E-state index contributed by atoms with van der Waals surface area (Å²) < 4.78 is 57.5. The van der Waals surface area contributed by atoms with Crippen LogP contribution < -0.4 is 10.1 Å².